The van der Waals surface area contributed by atoms with Gasteiger partial charge in [-0.2, -0.15) is 0 Å². The fraction of sp³-hybridized carbons (Fsp3) is 0.583. The lowest BCUT2D eigenvalue weighted by Gasteiger charge is -2.17. The number of aliphatic hydroxyl groups excluding tert-OH is 1. The number of halogens is 1. The molecule has 0 bridgehead atoms. The van der Waals surface area contributed by atoms with Crippen molar-refractivity contribution in [3.63, 3.8) is 0 Å². The molecular formula is C12H17ClN2O2. The first-order chi connectivity index (χ1) is 7.99. The number of rotatable bonds is 2. The molecule has 94 valence electrons. The van der Waals surface area contributed by atoms with Crippen LogP contribution >= 0.6 is 11.6 Å². The van der Waals surface area contributed by atoms with Crippen LogP contribution in [0.15, 0.2) is 12.3 Å². The van der Waals surface area contributed by atoms with Gasteiger partial charge in [-0.15, -0.1) is 0 Å². The number of nitrogens with zero attached hydrogens (tertiary/aromatic N) is 2. The smallest absolute Gasteiger partial charge is 0.270 e. The Morgan fingerprint density at radius 3 is 2.82 bits per heavy atom. The van der Waals surface area contributed by atoms with Crippen LogP contribution in [0.5, 0.6) is 0 Å². The summed E-state index contributed by atoms with van der Waals surface area (Å²) in [5.41, 5.74) is 0.598. The summed E-state index contributed by atoms with van der Waals surface area (Å²) in [5.74, 6) is 0.178. The van der Waals surface area contributed by atoms with E-state index in [1.165, 1.54) is 0 Å². The van der Waals surface area contributed by atoms with E-state index in [0.29, 0.717) is 23.8 Å². The van der Waals surface area contributed by atoms with Crippen molar-refractivity contribution in [3.8, 4) is 0 Å². The molecule has 2 heterocycles. The molecule has 0 saturated carbocycles. The van der Waals surface area contributed by atoms with Gasteiger partial charge in [0.15, 0.2) is 0 Å². The molecule has 4 nitrogen and oxygen atoms in total. The molecule has 2 unspecified atom stereocenters. The van der Waals surface area contributed by atoms with E-state index in [0.717, 1.165) is 6.42 Å². The topological polar surface area (TPSA) is 45.5 Å². The van der Waals surface area contributed by atoms with Crippen LogP contribution in [0.25, 0.3) is 0 Å². The Morgan fingerprint density at radius 2 is 2.35 bits per heavy atom. The molecular weight excluding hydrogens is 240 g/mol. The number of carbonyl (C=O) groups excluding carboxylic acids is 1. The molecule has 17 heavy (non-hydrogen) atoms. The third-order valence-electron chi connectivity index (χ3n) is 3.38. The zero-order chi connectivity index (χ0) is 12.6. The minimum absolute atomic E-state index is 0.0115. The molecule has 1 amide bonds. The van der Waals surface area contributed by atoms with Crippen LogP contribution in [0.3, 0.4) is 0 Å². The molecule has 1 fully saturated rings. The maximum absolute atomic E-state index is 12.2. The number of aryl methyl sites for hydroxylation is 1. The fourth-order valence-electron chi connectivity index (χ4n) is 2.26. The molecule has 1 aromatic heterocycles. The van der Waals surface area contributed by atoms with Crippen LogP contribution in [0.4, 0.5) is 0 Å². The number of aliphatic hydroxyl groups is 1. The fourth-order valence-corrected chi connectivity index (χ4v) is 2.51. The van der Waals surface area contributed by atoms with Crippen LogP contribution < -0.4 is 0 Å². The van der Waals surface area contributed by atoms with E-state index < -0.39 is 0 Å². The van der Waals surface area contributed by atoms with Gasteiger partial charge < -0.3 is 14.6 Å². The van der Waals surface area contributed by atoms with Gasteiger partial charge >= 0.3 is 0 Å². The lowest BCUT2D eigenvalue weighted by atomic mass is 10.0. The summed E-state index contributed by atoms with van der Waals surface area (Å²) in [4.78, 5) is 14.0. The molecule has 1 aliphatic heterocycles. The van der Waals surface area contributed by atoms with Crippen LogP contribution in [0.1, 0.15) is 23.8 Å². The van der Waals surface area contributed by atoms with Crippen molar-refractivity contribution in [2.24, 2.45) is 13.0 Å². The Hall–Kier alpha value is -1.00. The first-order valence-electron chi connectivity index (χ1n) is 5.78. The molecule has 1 saturated heterocycles. The predicted molar refractivity (Wildman–Crippen MR) is 66.1 cm³/mol. The summed E-state index contributed by atoms with van der Waals surface area (Å²) in [5, 5.41) is 10.1. The summed E-state index contributed by atoms with van der Waals surface area (Å²) in [6.45, 7) is 3.11. The van der Waals surface area contributed by atoms with Crippen molar-refractivity contribution in [2.45, 2.75) is 19.4 Å². The van der Waals surface area contributed by atoms with E-state index in [9.17, 15) is 9.90 Å². The Morgan fingerprint density at radius 1 is 1.65 bits per heavy atom. The van der Waals surface area contributed by atoms with Gasteiger partial charge in [0.2, 0.25) is 0 Å². The van der Waals surface area contributed by atoms with Gasteiger partial charge in [-0.25, -0.2) is 0 Å². The zero-order valence-electron chi connectivity index (χ0n) is 10.1. The summed E-state index contributed by atoms with van der Waals surface area (Å²) in [6.07, 6.45) is 2.23. The lowest BCUT2D eigenvalue weighted by molar-refractivity contribution is 0.0753. The lowest BCUT2D eigenvalue weighted by Crippen LogP contribution is -2.31. The number of aromatic nitrogens is 1. The van der Waals surface area contributed by atoms with Crippen molar-refractivity contribution in [1.29, 1.82) is 0 Å². The summed E-state index contributed by atoms with van der Waals surface area (Å²) >= 11 is 5.86. The van der Waals surface area contributed by atoms with Crippen LogP contribution in [0.2, 0.25) is 5.02 Å². The van der Waals surface area contributed by atoms with Gasteiger partial charge in [-0.1, -0.05) is 11.6 Å². The second-order valence-electron chi connectivity index (χ2n) is 4.69. The Bertz CT molecular complexity index is 428. The Kier molecular flexibility index (Phi) is 3.45. The van der Waals surface area contributed by atoms with Gasteiger partial charge in [-0.05, 0) is 19.4 Å². The predicted octanol–water partition coefficient (Wildman–Crippen LogP) is 1.52. The molecule has 0 aromatic carbocycles. The SMILES string of the molecule is CC(O)C1CCN(C(=O)c2cc(Cl)cn2C)C1. The standard InChI is InChI=1S/C12H17ClN2O2/c1-8(16)9-3-4-15(6-9)12(17)11-5-10(13)7-14(11)2/h5,7-9,16H,3-4,6H2,1-2H3. The second-order valence-corrected chi connectivity index (χ2v) is 5.13. The summed E-state index contributed by atoms with van der Waals surface area (Å²) in [6, 6.07) is 1.68. The Balaban J connectivity index is 2.09. The van der Waals surface area contributed by atoms with Gasteiger partial charge in [0.25, 0.3) is 5.91 Å². The third kappa shape index (κ3) is 2.48. The monoisotopic (exact) mass is 256 g/mol. The van der Waals surface area contributed by atoms with Gasteiger partial charge in [-0.3, -0.25) is 4.79 Å². The maximum Gasteiger partial charge on any atom is 0.270 e. The van der Waals surface area contributed by atoms with Crippen LogP contribution in [-0.2, 0) is 7.05 Å². The van der Waals surface area contributed by atoms with Crippen LogP contribution in [-0.4, -0.2) is 39.7 Å². The molecule has 1 aliphatic rings. The number of likely N-dealkylation sites (tertiary alicyclic amines) is 1. The highest BCUT2D eigenvalue weighted by Crippen LogP contribution is 2.22. The quantitative estimate of drug-likeness (QED) is 0.872. The second kappa shape index (κ2) is 4.70. The van der Waals surface area contributed by atoms with E-state index in [1.807, 2.05) is 0 Å². The van der Waals surface area contributed by atoms with Gasteiger partial charge in [0, 0.05) is 32.3 Å². The maximum atomic E-state index is 12.2. The van der Waals surface area contributed by atoms with E-state index >= 15 is 0 Å². The first-order valence-corrected chi connectivity index (χ1v) is 6.16. The van der Waals surface area contributed by atoms with E-state index in [2.05, 4.69) is 0 Å². The zero-order valence-corrected chi connectivity index (χ0v) is 10.8. The number of hydrogen-bond donors (Lipinski definition) is 1. The molecule has 0 aliphatic carbocycles. The Labute approximate surface area is 106 Å². The molecule has 0 spiro atoms. The minimum Gasteiger partial charge on any atom is -0.393 e. The highest BCUT2D eigenvalue weighted by molar-refractivity contribution is 6.31. The van der Waals surface area contributed by atoms with Crippen LogP contribution in [0, 0.1) is 5.92 Å². The average molecular weight is 257 g/mol. The summed E-state index contributed by atoms with van der Waals surface area (Å²) < 4.78 is 1.74. The molecule has 1 N–H and O–H groups in total. The minimum atomic E-state index is -0.357. The van der Waals surface area contributed by atoms with Crippen molar-refractivity contribution in [2.75, 3.05) is 13.1 Å². The highest BCUT2D eigenvalue weighted by Gasteiger charge is 2.30. The van der Waals surface area contributed by atoms with E-state index in [4.69, 9.17) is 11.6 Å². The molecule has 5 heteroatoms. The number of carbonyl (C=O) groups is 1. The average Bonchev–Trinajstić information content (AvgIpc) is 2.84. The van der Waals surface area contributed by atoms with E-state index in [-0.39, 0.29) is 17.9 Å². The molecule has 1 aromatic rings. The largest absolute Gasteiger partial charge is 0.393 e. The van der Waals surface area contributed by atoms with Gasteiger partial charge in [0.05, 0.1) is 11.1 Å². The number of amides is 1. The van der Waals surface area contributed by atoms with Crippen molar-refractivity contribution < 1.29 is 9.90 Å². The normalized spacial score (nSPS) is 21.9. The van der Waals surface area contributed by atoms with Gasteiger partial charge in [0.1, 0.15) is 5.69 Å². The number of hydrogen-bond acceptors (Lipinski definition) is 2. The third-order valence-corrected chi connectivity index (χ3v) is 3.59. The molecule has 2 atom stereocenters. The molecule has 2 rings (SSSR count). The van der Waals surface area contributed by atoms with E-state index in [1.54, 1.807) is 35.7 Å². The van der Waals surface area contributed by atoms with Crippen molar-refractivity contribution in [1.82, 2.24) is 9.47 Å². The molecule has 0 radical (unpaired) electrons. The highest BCUT2D eigenvalue weighted by atomic mass is 35.5. The summed E-state index contributed by atoms with van der Waals surface area (Å²) in [7, 11) is 1.81. The first kappa shape index (κ1) is 12.5. The van der Waals surface area contributed by atoms with Crippen molar-refractivity contribution in [3.05, 3.63) is 23.0 Å². The van der Waals surface area contributed by atoms with Crippen molar-refractivity contribution >= 4 is 17.5 Å².